The van der Waals surface area contributed by atoms with Crippen molar-refractivity contribution in [1.82, 2.24) is 9.80 Å². The number of carboxylic acids is 1. The Kier molecular flexibility index (Phi) is 6.70. The SMILES string of the molecule is CN(C(=O)N1CCC[C@@H](c2cccc(OC(C)(C)C(=O)O)c2)C1)C1CCCCC1. The summed E-state index contributed by atoms with van der Waals surface area (Å²) in [7, 11) is 1.95. The standard InChI is InChI=1S/C23H34N2O4/c1-23(2,21(26)27)29-20-13-7-9-17(15-20)18-10-8-14-25(16-18)22(28)24(3)19-11-5-4-6-12-19/h7,9,13,15,18-19H,4-6,8,10-12,14,16H2,1-3H3,(H,26,27)/t18-/m1/s1. The van der Waals surface area contributed by atoms with E-state index in [1.54, 1.807) is 19.9 Å². The molecule has 2 aliphatic rings. The summed E-state index contributed by atoms with van der Waals surface area (Å²) >= 11 is 0. The molecule has 2 fully saturated rings. The van der Waals surface area contributed by atoms with Crippen LogP contribution in [0, 0.1) is 0 Å². The second-order valence-electron chi connectivity index (χ2n) is 8.96. The van der Waals surface area contributed by atoms with Crippen molar-refractivity contribution in [3.63, 3.8) is 0 Å². The molecule has 1 aliphatic carbocycles. The average molecular weight is 403 g/mol. The molecule has 0 spiro atoms. The molecule has 1 aliphatic heterocycles. The number of carbonyl (C=O) groups is 2. The van der Waals surface area contributed by atoms with Crippen LogP contribution in [0.5, 0.6) is 5.75 Å². The molecule has 29 heavy (non-hydrogen) atoms. The zero-order valence-electron chi connectivity index (χ0n) is 17.9. The highest BCUT2D eigenvalue weighted by molar-refractivity contribution is 5.77. The molecule has 6 heteroatoms. The number of hydrogen-bond donors (Lipinski definition) is 1. The second kappa shape index (κ2) is 9.06. The lowest BCUT2D eigenvalue weighted by atomic mass is 9.90. The van der Waals surface area contributed by atoms with Crippen LogP contribution in [-0.4, -0.2) is 58.7 Å². The van der Waals surface area contributed by atoms with Crippen molar-refractivity contribution in [2.75, 3.05) is 20.1 Å². The number of piperidine rings is 1. The number of urea groups is 1. The molecule has 3 rings (SSSR count). The van der Waals surface area contributed by atoms with E-state index in [1.165, 1.54) is 19.3 Å². The highest BCUT2D eigenvalue weighted by atomic mass is 16.5. The van der Waals surface area contributed by atoms with E-state index in [1.807, 2.05) is 35.0 Å². The third-order valence-electron chi connectivity index (χ3n) is 6.33. The summed E-state index contributed by atoms with van der Waals surface area (Å²) in [6, 6.07) is 8.17. The Bertz CT molecular complexity index is 727. The molecule has 0 unspecified atom stereocenters. The van der Waals surface area contributed by atoms with Crippen LogP contribution in [0.4, 0.5) is 4.79 Å². The zero-order chi connectivity index (χ0) is 21.0. The Hall–Kier alpha value is -2.24. The molecule has 1 aromatic carbocycles. The number of benzene rings is 1. The lowest BCUT2D eigenvalue weighted by molar-refractivity contribution is -0.152. The van der Waals surface area contributed by atoms with Crippen LogP contribution in [0.15, 0.2) is 24.3 Å². The van der Waals surface area contributed by atoms with Gasteiger partial charge in [0, 0.05) is 32.1 Å². The van der Waals surface area contributed by atoms with Crippen molar-refractivity contribution in [2.24, 2.45) is 0 Å². The maximum Gasteiger partial charge on any atom is 0.347 e. The molecule has 0 aromatic heterocycles. The lowest BCUT2D eigenvalue weighted by Gasteiger charge is -2.39. The Morgan fingerprint density at radius 2 is 1.86 bits per heavy atom. The molecule has 6 nitrogen and oxygen atoms in total. The average Bonchev–Trinajstić information content (AvgIpc) is 2.73. The van der Waals surface area contributed by atoms with Gasteiger partial charge in [0.05, 0.1) is 0 Å². The van der Waals surface area contributed by atoms with Gasteiger partial charge in [-0.05, 0) is 57.2 Å². The van der Waals surface area contributed by atoms with Gasteiger partial charge in [-0.2, -0.15) is 0 Å². The van der Waals surface area contributed by atoms with E-state index in [9.17, 15) is 14.7 Å². The number of rotatable bonds is 5. The van der Waals surface area contributed by atoms with Gasteiger partial charge in [0.25, 0.3) is 0 Å². The first-order valence-electron chi connectivity index (χ1n) is 10.8. The van der Waals surface area contributed by atoms with Crippen molar-refractivity contribution in [2.45, 2.75) is 76.4 Å². The molecule has 1 aromatic rings. The second-order valence-corrected chi connectivity index (χ2v) is 8.96. The van der Waals surface area contributed by atoms with E-state index in [2.05, 4.69) is 0 Å². The maximum atomic E-state index is 13.1. The Morgan fingerprint density at radius 1 is 1.14 bits per heavy atom. The number of carbonyl (C=O) groups excluding carboxylic acids is 1. The summed E-state index contributed by atoms with van der Waals surface area (Å²) in [5, 5.41) is 9.30. The largest absolute Gasteiger partial charge is 0.478 e. The fourth-order valence-corrected chi connectivity index (χ4v) is 4.44. The Balaban J connectivity index is 1.66. The summed E-state index contributed by atoms with van der Waals surface area (Å²) in [4.78, 5) is 28.4. The van der Waals surface area contributed by atoms with Crippen LogP contribution in [0.25, 0.3) is 0 Å². The minimum atomic E-state index is -1.28. The minimum Gasteiger partial charge on any atom is -0.478 e. The summed E-state index contributed by atoms with van der Waals surface area (Å²) in [5.74, 6) is -0.204. The van der Waals surface area contributed by atoms with Gasteiger partial charge >= 0.3 is 12.0 Å². The predicted molar refractivity (Wildman–Crippen MR) is 112 cm³/mol. The van der Waals surface area contributed by atoms with E-state index in [0.29, 0.717) is 18.3 Å². The van der Waals surface area contributed by atoms with Gasteiger partial charge in [0.2, 0.25) is 0 Å². The van der Waals surface area contributed by atoms with Crippen molar-refractivity contribution in [3.05, 3.63) is 29.8 Å². The van der Waals surface area contributed by atoms with Gasteiger partial charge in [-0.1, -0.05) is 31.4 Å². The summed E-state index contributed by atoms with van der Waals surface area (Å²) < 4.78 is 5.70. The first-order chi connectivity index (χ1) is 13.8. The molecule has 0 radical (unpaired) electrons. The van der Waals surface area contributed by atoms with Crippen LogP contribution >= 0.6 is 0 Å². The van der Waals surface area contributed by atoms with Crippen molar-refractivity contribution >= 4 is 12.0 Å². The molecule has 2 amide bonds. The molecule has 0 bridgehead atoms. The number of nitrogens with zero attached hydrogens (tertiary/aromatic N) is 2. The smallest absolute Gasteiger partial charge is 0.347 e. The van der Waals surface area contributed by atoms with Crippen LogP contribution < -0.4 is 4.74 Å². The van der Waals surface area contributed by atoms with Crippen LogP contribution in [-0.2, 0) is 4.79 Å². The summed E-state index contributed by atoms with van der Waals surface area (Å²) in [5.41, 5.74) is -0.183. The van der Waals surface area contributed by atoms with Crippen LogP contribution in [0.2, 0.25) is 0 Å². The molecular weight excluding hydrogens is 368 g/mol. The zero-order valence-corrected chi connectivity index (χ0v) is 17.9. The van der Waals surface area contributed by atoms with Gasteiger partial charge in [0.15, 0.2) is 5.60 Å². The van der Waals surface area contributed by atoms with E-state index in [0.717, 1.165) is 37.8 Å². The first kappa shape index (κ1) is 21.5. The molecule has 1 heterocycles. The number of aliphatic carboxylic acids is 1. The topological polar surface area (TPSA) is 70.1 Å². The van der Waals surface area contributed by atoms with Crippen molar-refractivity contribution in [1.29, 1.82) is 0 Å². The lowest BCUT2D eigenvalue weighted by Crippen LogP contribution is -2.49. The predicted octanol–water partition coefficient (Wildman–Crippen LogP) is 4.49. The molecule has 160 valence electrons. The van der Waals surface area contributed by atoms with E-state index in [4.69, 9.17) is 4.74 Å². The number of carboxylic acid groups (broad SMARTS) is 1. The Labute approximate surface area is 173 Å². The van der Waals surface area contributed by atoms with E-state index < -0.39 is 11.6 Å². The molecule has 1 atom stereocenters. The highest BCUT2D eigenvalue weighted by Gasteiger charge is 2.31. The number of ether oxygens (including phenoxy) is 1. The summed E-state index contributed by atoms with van der Waals surface area (Å²) in [6.07, 6.45) is 7.91. The maximum absolute atomic E-state index is 13.1. The fourth-order valence-electron chi connectivity index (χ4n) is 4.44. The number of amides is 2. The number of hydrogen-bond acceptors (Lipinski definition) is 3. The van der Waals surface area contributed by atoms with Crippen LogP contribution in [0.3, 0.4) is 0 Å². The normalized spacial score (nSPS) is 20.9. The highest BCUT2D eigenvalue weighted by Crippen LogP contribution is 2.31. The molecule has 1 saturated heterocycles. The Morgan fingerprint density at radius 3 is 2.55 bits per heavy atom. The van der Waals surface area contributed by atoms with Crippen molar-refractivity contribution in [3.8, 4) is 5.75 Å². The van der Waals surface area contributed by atoms with E-state index >= 15 is 0 Å². The van der Waals surface area contributed by atoms with Crippen molar-refractivity contribution < 1.29 is 19.4 Å². The fraction of sp³-hybridized carbons (Fsp3) is 0.652. The van der Waals surface area contributed by atoms with Gasteiger partial charge in [-0.15, -0.1) is 0 Å². The monoisotopic (exact) mass is 402 g/mol. The van der Waals surface area contributed by atoms with Gasteiger partial charge in [-0.3, -0.25) is 0 Å². The summed E-state index contributed by atoms with van der Waals surface area (Å²) in [6.45, 7) is 4.59. The van der Waals surface area contributed by atoms with Gasteiger partial charge in [0.1, 0.15) is 5.75 Å². The minimum absolute atomic E-state index is 0.140. The van der Waals surface area contributed by atoms with Crippen LogP contribution in [0.1, 0.15) is 70.3 Å². The molecular formula is C23H34N2O4. The van der Waals surface area contributed by atoms with Gasteiger partial charge in [-0.25, -0.2) is 9.59 Å². The molecule has 1 N–H and O–H groups in total. The number of likely N-dealkylation sites (tertiary alicyclic amines) is 1. The van der Waals surface area contributed by atoms with E-state index in [-0.39, 0.29) is 11.9 Å². The third kappa shape index (κ3) is 5.22. The first-order valence-corrected chi connectivity index (χ1v) is 10.8. The quantitative estimate of drug-likeness (QED) is 0.788. The van der Waals surface area contributed by atoms with Gasteiger partial charge < -0.3 is 19.6 Å². The molecule has 1 saturated carbocycles. The third-order valence-corrected chi connectivity index (χ3v) is 6.33.